The van der Waals surface area contributed by atoms with Crippen LogP contribution >= 0.6 is 0 Å². The highest BCUT2D eigenvalue weighted by molar-refractivity contribution is 4.95. The monoisotopic (exact) mass is 392 g/mol. The number of hydrogen-bond acceptors (Lipinski definition) is 2. The van der Waals surface area contributed by atoms with E-state index in [1.54, 1.807) is 0 Å². The minimum absolute atomic E-state index is 0.624. The van der Waals surface area contributed by atoms with Gasteiger partial charge in [-0.15, -0.1) is 0 Å². The first kappa shape index (κ1) is 25.4. The first-order valence-corrected chi connectivity index (χ1v) is 13.0. The van der Waals surface area contributed by atoms with Crippen molar-refractivity contribution in [3.8, 4) is 0 Å². The van der Waals surface area contributed by atoms with Crippen molar-refractivity contribution in [1.82, 2.24) is 9.80 Å². The Kier molecular flexibility index (Phi) is 16.7. The number of unbranched alkanes of at least 4 members (excludes halogenated alkanes) is 16. The molecule has 0 fully saturated rings. The largest absolute Gasteiger partial charge is 0.359 e. The van der Waals surface area contributed by atoms with E-state index < -0.39 is 0 Å². The smallest absolute Gasteiger partial charge is 0.100 e. The summed E-state index contributed by atoms with van der Waals surface area (Å²) in [7, 11) is 2.25. The van der Waals surface area contributed by atoms with Gasteiger partial charge < -0.3 is 9.80 Å². The first-order valence-electron chi connectivity index (χ1n) is 13.0. The van der Waals surface area contributed by atoms with Crippen LogP contribution in [0.3, 0.4) is 0 Å². The van der Waals surface area contributed by atoms with Crippen LogP contribution in [-0.4, -0.2) is 29.6 Å². The summed E-state index contributed by atoms with van der Waals surface area (Å²) in [6, 6.07) is 0. The molecule has 0 aromatic carbocycles. The van der Waals surface area contributed by atoms with Crippen LogP contribution < -0.4 is 0 Å². The van der Waals surface area contributed by atoms with Gasteiger partial charge in [0.2, 0.25) is 0 Å². The van der Waals surface area contributed by atoms with E-state index in [4.69, 9.17) is 0 Å². The average molecular weight is 393 g/mol. The summed E-state index contributed by atoms with van der Waals surface area (Å²) in [5, 5.41) is 0. The zero-order valence-corrected chi connectivity index (χ0v) is 19.8. The molecule has 0 amide bonds. The lowest BCUT2D eigenvalue weighted by molar-refractivity contribution is 0.159. The van der Waals surface area contributed by atoms with Crippen molar-refractivity contribution in [2.24, 2.45) is 0 Å². The van der Waals surface area contributed by atoms with Gasteiger partial charge in [-0.05, 0) is 19.3 Å². The molecule has 0 saturated heterocycles. The molecule has 2 heteroatoms. The van der Waals surface area contributed by atoms with Crippen molar-refractivity contribution in [3.05, 3.63) is 12.4 Å². The molecule has 1 heterocycles. The van der Waals surface area contributed by atoms with E-state index in [0.717, 1.165) is 0 Å². The maximum atomic E-state index is 2.60. The van der Waals surface area contributed by atoms with Crippen LogP contribution in [0.15, 0.2) is 12.4 Å². The van der Waals surface area contributed by atoms with E-state index in [0.29, 0.717) is 6.17 Å². The third-order valence-electron chi connectivity index (χ3n) is 6.43. The fraction of sp³-hybridized carbons (Fsp3) is 0.923. The minimum Gasteiger partial charge on any atom is -0.359 e. The standard InChI is InChI=1S/C26H52N2/c1-4-6-8-10-12-13-14-15-17-19-21-23-28-25-24-27(3)26(28)22-20-18-16-11-9-7-5-2/h24-26H,4-23H2,1-3H3. The quantitative estimate of drug-likeness (QED) is 0.192. The van der Waals surface area contributed by atoms with Crippen molar-refractivity contribution in [2.45, 2.75) is 142 Å². The van der Waals surface area contributed by atoms with Gasteiger partial charge >= 0.3 is 0 Å². The maximum Gasteiger partial charge on any atom is 0.100 e. The second-order valence-corrected chi connectivity index (χ2v) is 9.13. The Balaban J connectivity index is 1.97. The summed E-state index contributed by atoms with van der Waals surface area (Å²) >= 11 is 0. The summed E-state index contributed by atoms with van der Waals surface area (Å²) in [4.78, 5) is 5.03. The second-order valence-electron chi connectivity index (χ2n) is 9.13. The van der Waals surface area contributed by atoms with E-state index in [2.05, 4.69) is 43.1 Å². The predicted octanol–water partition coefficient (Wildman–Crippen LogP) is 8.48. The van der Waals surface area contributed by atoms with Gasteiger partial charge in [0.1, 0.15) is 6.17 Å². The van der Waals surface area contributed by atoms with Gasteiger partial charge in [0, 0.05) is 26.0 Å². The fourth-order valence-corrected chi connectivity index (χ4v) is 4.46. The molecule has 1 unspecified atom stereocenters. The van der Waals surface area contributed by atoms with Gasteiger partial charge in [0.25, 0.3) is 0 Å². The molecule has 0 aliphatic carbocycles. The normalized spacial score (nSPS) is 16.5. The Morgan fingerprint density at radius 3 is 1.46 bits per heavy atom. The molecular formula is C26H52N2. The fourth-order valence-electron chi connectivity index (χ4n) is 4.46. The Morgan fingerprint density at radius 2 is 0.964 bits per heavy atom. The molecule has 28 heavy (non-hydrogen) atoms. The lowest BCUT2D eigenvalue weighted by Gasteiger charge is -2.30. The van der Waals surface area contributed by atoms with Gasteiger partial charge in [0.15, 0.2) is 0 Å². The van der Waals surface area contributed by atoms with Crippen LogP contribution in [0.5, 0.6) is 0 Å². The molecule has 166 valence electrons. The van der Waals surface area contributed by atoms with Crippen molar-refractivity contribution in [2.75, 3.05) is 13.6 Å². The molecule has 0 aromatic heterocycles. The summed E-state index contributed by atoms with van der Waals surface area (Å²) in [6.07, 6.45) is 32.2. The van der Waals surface area contributed by atoms with E-state index >= 15 is 0 Å². The Hall–Kier alpha value is -0.660. The van der Waals surface area contributed by atoms with Crippen LogP contribution in [-0.2, 0) is 0 Å². The minimum atomic E-state index is 0.624. The van der Waals surface area contributed by atoms with Crippen LogP contribution in [0, 0.1) is 0 Å². The van der Waals surface area contributed by atoms with Crippen molar-refractivity contribution >= 4 is 0 Å². The summed E-state index contributed by atoms with van der Waals surface area (Å²) < 4.78 is 0. The highest BCUT2D eigenvalue weighted by Gasteiger charge is 2.22. The molecule has 1 rings (SSSR count). The first-order chi connectivity index (χ1) is 13.8. The zero-order valence-electron chi connectivity index (χ0n) is 19.8. The van der Waals surface area contributed by atoms with Gasteiger partial charge in [-0.1, -0.05) is 117 Å². The molecule has 0 N–H and O–H groups in total. The van der Waals surface area contributed by atoms with Crippen LogP contribution in [0.1, 0.15) is 136 Å². The lowest BCUT2D eigenvalue weighted by atomic mass is 10.1. The van der Waals surface area contributed by atoms with E-state index in [1.165, 1.54) is 129 Å². The topological polar surface area (TPSA) is 6.48 Å². The Bertz CT molecular complexity index is 352. The van der Waals surface area contributed by atoms with Gasteiger partial charge in [-0.3, -0.25) is 0 Å². The highest BCUT2D eigenvalue weighted by Crippen LogP contribution is 2.21. The Morgan fingerprint density at radius 1 is 0.536 bits per heavy atom. The molecular weight excluding hydrogens is 340 g/mol. The summed E-state index contributed by atoms with van der Waals surface area (Å²) in [5.41, 5.74) is 0. The number of hydrogen-bond donors (Lipinski definition) is 0. The lowest BCUT2D eigenvalue weighted by Crippen LogP contribution is -2.37. The van der Waals surface area contributed by atoms with Gasteiger partial charge in [0.05, 0.1) is 0 Å². The van der Waals surface area contributed by atoms with Crippen LogP contribution in [0.4, 0.5) is 0 Å². The van der Waals surface area contributed by atoms with Crippen molar-refractivity contribution in [3.63, 3.8) is 0 Å². The molecule has 0 saturated carbocycles. The Labute approximate surface area is 178 Å². The third-order valence-corrected chi connectivity index (χ3v) is 6.43. The van der Waals surface area contributed by atoms with E-state index in [-0.39, 0.29) is 0 Å². The number of nitrogens with zero attached hydrogens (tertiary/aromatic N) is 2. The SMILES string of the molecule is CCCCCCCCCCCCCN1C=CN(C)C1CCCCCCCCC. The van der Waals surface area contributed by atoms with Crippen LogP contribution in [0.2, 0.25) is 0 Å². The zero-order chi connectivity index (χ0) is 20.3. The van der Waals surface area contributed by atoms with Gasteiger partial charge in [-0.2, -0.15) is 0 Å². The molecule has 0 radical (unpaired) electrons. The number of rotatable bonds is 20. The molecule has 1 atom stereocenters. The maximum absolute atomic E-state index is 2.60. The molecule has 0 aromatic rings. The average Bonchev–Trinajstić information content (AvgIpc) is 3.05. The second kappa shape index (κ2) is 18.4. The van der Waals surface area contributed by atoms with E-state index in [1.807, 2.05) is 0 Å². The molecule has 0 spiro atoms. The predicted molar refractivity (Wildman–Crippen MR) is 126 cm³/mol. The third kappa shape index (κ3) is 12.7. The molecule has 1 aliphatic heterocycles. The van der Waals surface area contributed by atoms with Gasteiger partial charge in [-0.25, -0.2) is 0 Å². The van der Waals surface area contributed by atoms with Crippen LogP contribution in [0.25, 0.3) is 0 Å². The van der Waals surface area contributed by atoms with E-state index in [9.17, 15) is 0 Å². The molecule has 0 bridgehead atoms. The van der Waals surface area contributed by atoms with Crippen molar-refractivity contribution < 1.29 is 0 Å². The van der Waals surface area contributed by atoms with Crippen molar-refractivity contribution in [1.29, 1.82) is 0 Å². The molecule has 2 nitrogen and oxygen atoms in total. The highest BCUT2D eigenvalue weighted by atomic mass is 15.4. The molecule has 1 aliphatic rings. The summed E-state index contributed by atoms with van der Waals surface area (Å²) in [6.45, 7) is 5.85. The summed E-state index contributed by atoms with van der Waals surface area (Å²) in [5.74, 6) is 0.